The summed E-state index contributed by atoms with van der Waals surface area (Å²) in [6.07, 6.45) is 0. The molecule has 2 heteroatoms. The van der Waals surface area contributed by atoms with Gasteiger partial charge in [0, 0.05) is 0 Å². The van der Waals surface area contributed by atoms with Gasteiger partial charge in [-0.15, -0.1) is 0 Å². The van der Waals surface area contributed by atoms with Gasteiger partial charge in [0.2, 0.25) is 0 Å². The van der Waals surface area contributed by atoms with E-state index in [-0.39, 0.29) is 5.75 Å². The van der Waals surface area contributed by atoms with Crippen molar-refractivity contribution in [2.75, 3.05) is 0 Å². The summed E-state index contributed by atoms with van der Waals surface area (Å²) in [6.45, 7) is 8.56. The van der Waals surface area contributed by atoms with Gasteiger partial charge in [-0.05, 0) is 47.2 Å². The summed E-state index contributed by atoms with van der Waals surface area (Å²) in [6, 6.07) is 13.5. The quantitative estimate of drug-likeness (QED) is 0.802. The van der Waals surface area contributed by atoms with Crippen molar-refractivity contribution in [3.05, 3.63) is 53.6 Å². The summed E-state index contributed by atoms with van der Waals surface area (Å²) >= 11 is 0. The van der Waals surface area contributed by atoms with Gasteiger partial charge in [0.05, 0.1) is 0 Å². The topological polar surface area (TPSA) is 29.5 Å². The highest BCUT2D eigenvalue weighted by Crippen LogP contribution is 2.33. The van der Waals surface area contributed by atoms with Crippen LogP contribution < -0.4 is 4.74 Å². The summed E-state index contributed by atoms with van der Waals surface area (Å²) in [5, 5.41) is 9.90. The van der Waals surface area contributed by atoms with Crippen molar-refractivity contribution in [1.82, 2.24) is 0 Å². The molecule has 0 spiro atoms. The van der Waals surface area contributed by atoms with Crippen LogP contribution in [0.3, 0.4) is 0 Å². The maximum Gasteiger partial charge on any atom is 0.169 e. The number of rotatable bonds is 4. The molecule has 0 saturated carbocycles. The third-order valence-electron chi connectivity index (χ3n) is 3.43. The fourth-order valence-electron chi connectivity index (χ4n) is 2.02. The smallest absolute Gasteiger partial charge is 0.169 e. The summed E-state index contributed by atoms with van der Waals surface area (Å²) in [4.78, 5) is 0. The van der Waals surface area contributed by atoms with Crippen molar-refractivity contribution in [3.8, 4) is 17.2 Å². The van der Waals surface area contributed by atoms with Gasteiger partial charge in [-0.25, -0.2) is 0 Å². The third kappa shape index (κ3) is 3.32. The fourth-order valence-corrected chi connectivity index (χ4v) is 2.02. The minimum atomic E-state index is 0.169. The first-order chi connectivity index (χ1) is 9.47. The monoisotopic (exact) mass is 270 g/mol. The average molecular weight is 270 g/mol. The molecule has 0 bridgehead atoms. The number of phenolic OH excluding ortho intramolecular Hbond substituents is 1. The molecule has 2 aromatic rings. The van der Waals surface area contributed by atoms with Crippen LogP contribution in [0.4, 0.5) is 0 Å². The van der Waals surface area contributed by atoms with Gasteiger partial charge in [-0.2, -0.15) is 0 Å². The molecule has 2 aromatic carbocycles. The van der Waals surface area contributed by atoms with E-state index in [2.05, 4.69) is 39.8 Å². The van der Waals surface area contributed by atoms with Crippen LogP contribution >= 0.6 is 0 Å². The maximum atomic E-state index is 9.90. The van der Waals surface area contributed by atoms with Crippen LogP contribution in [0.1, 0.15) is 50.7 Å². The zero-order valence-electron chi connectivity index (χ0n) is 12.6. The Labute approximate surface area is 121 Å². The number of hydrogen-bond acceptors (Lipinski definition) is 2. The second-order valence-corrected chi connectivity index (χ2v) is 5.71. The van der Waals surface area contributed by atoms with E-state index in [4.69, 9.17) is 4.74 Å². The van der Waals surface area contributed by atoms with E-state index in [1.165, 1.54) is 5.56 Å². The molecule has 0 aliphatic heterocycles. The first-order valence-electron chi connectivity index (χ1n) is 7.08. The molecule has 0 aliphatic carbocycles. The molecule has 0 radical (unpaired) electrons. The fraction of sp³-hybridized carbons (Fsp3) is 0.333. The average Bonchev–Trinajstić information content (AvgIpc) is 2.41. The third-order valence-corrected chi connectivity index (χ3v) is 3.43. The van der Waals surface area contributed by atoms with E-state index in [0.717, 1.165) is 11.3 Å². The van der Waals surface area contributed by atoms with Gasteiger partial charge in [0.15, 0.2) is 11.5 Å². The number of benzene rings is 2. The number of ether oxygens (including phenoxy) is 1. The van der Waals surface area contributed by atoms with Gasteiger partial charge in [0.25, 0.3) is 0 Å². The zero-order valence-corrected chi connectivity index (χ0v) is 12.6. The lowest BCUT2D eigenvalue weighted by atomic mass is 10.0. The Morgan fingerprint density at radius 1 is 0.800 bits per heavy atom. The predicted molar refractivity (Wildman–Crippen MR) is 82.8 cm³/mol. The first kappa shape index (κ1) is 14.4. The first-order valence-corrected chi connectivity index (χ1v) is 7.08. The molecule has 1 N–H and O–H groups in total. The normalized spacial score (nSPS) is 11.1. The van der Waals surface area contributed by atoms with Gasteiger partial charge in [-0.3, -0.25) is 0 Å². The van der Waals surface area contributed by atoms with Crippen LogP contribution in [0.2, 0.25) is 0 Å². The summed E-state index contributed by atoms with van der Waals surface area (Å²) in [7, 11) is 0. The Morgan fingerprint density at radius 2 is 1.35 bits per heavy atom. The number of aromatic hydroxyl groups is 1. The Hall–Kier alpha value is -1.96. The lowest BCUT2D eigenvalue weighted by Crippen LogP contribution is -1.91. The van der Waals surface area contributed by atoms with Gasteiger partial charge in [0.1, 0.15) is 5.75 Å². The maximum absolute atomic E-state index is 9.90. The SMILES string of the molecule is CC(C)c1ccc(Oc2cc(C(C)C)ccc2O)cc1. The van der Waals surface area contributed by atoms with Crippen LogP contribution in [-0.2, 0) is 0 Å². The number of phenols is 1. The van der Waals surface area contributed by atoms with Crippen LogP contribution in [-0.4, -0.2) is 5.11 Å². The summed E-state index contributed by atoms with van der Waals surface area (Å²) in [5.74, 6) is 2.32. The van der Waals surface area contributed by atoms with Gasteiger partial charge >= 0.3 is 0 Å². The summed E-state index contributed by atoms with van der Waals surface area (Å²) in [5.41, 5.74) is 2.43. The van der Waals surface area contributed by atoms with E-state index < -0.39 is 0 Å². The van der Waals surface area contributed by atoms with Crippen molar-refractivity contribution < 1.29 is 9.84 Å². The summed E-state index contributed by atoms with van der Waals surface area (Å²) < 4.78 is 5.78. The standard InChI is InChI=1S/C18H22O2/c1-12(2)14-5-8-16(9-6-14)20-18-11-15(13(3)4)7-10-17(18)19/h5-13,19H,1-4H3. The van der Waals surface area contributed by atoms with Crippen molar-refractivity contribution in [2.24, 2.45) is 0 Å². The number of hydrogen-bond donors (Lipinski definition) is 1. The largest absolute Gasteiger partial charge is 0.504 e. The highest BCUT2D eigenvalue weighted by molar-refractivity contribution is 5.45. The minimum absolute atomic E-state index is 0.169. The molecule has 0 fully saturated rings. The van der Waals surface area contributed by atoms with Gasteiger partial charge < -0.3 is 9.84 Å². The van der Waals surface area contributed by atoms with E-state index >= 15 is 0 Å². The highest BCUT2D eigenvalue weighted by atomic mass is 16.5. The van der Waals surface area contributed by atoms with E-state index in [9.17, 15) is 5.11 Å². The molecule has 2 nitrogen and oxygen atoms in total. The van der Waals surface area contributed by atoms with Crippen LogP contribution in [0.25, 0.3) is 0 Å². The van der Waals surface area contributed by atoms with Crippen molar-refractivity contribution in [1.29, 1.82) is 0 Å². The predicted octanol–water partition coefficient (Wildman–Crippen LogP) is 5.43. The lowest BCUT2D eigenvalue weighted by molar-refractivity contribution is 0.410. The van der Waals surface area contributed by atoms with E-state index in [1.54, 1.807) is 6.07 Å². The van der Waals surface area contributed by atoms with Crippen molar-refractivity contribution >= 4 is 0 Å². The zero-order chi connectivity index (χ0) is 14.7. The molecule has 20 heavy (non-hydrogen) atoms. The molecule has 0 unspecified atom stereocenters. The molecule has 0 aromatic heterocycles. The van der Waals surface area contributed by atoms with Crippen LogP contribution in [0.5, 0.6) is 17.2 Å². The molecular formula is C18H22O2. The second kappa shape index (κ2) is 6.00. The highest BCUT2D eigenvalue weighted by Gasteiger charge is 2.08. The molecule has 2 rings (SSSR count). The Morgan fingerprint density at radius 3 is 1.90 bits per heavy atom. The molecule has 0 amide bonds. The Kier molecular flexibility index (Phi) is 4.33. The molecule has 106 valence electrons. The molecule has 0 heterocycles. The van der Waals surface area contributed by atoms with Crippen molar-refractivity contribution in [2.45, 2.75) is 39.5 Å². The molecule has 0 atom stereocenters. The van der Waals surface area contributed by atoms with E-state index in [0.29, 0.717) is 17.6 Å². The molecule has 0 aliphatic rings. The van der Waals surface area contributed by atoms with Crippen LogP contribution in [0, 0.1) is 0 Å². The Bertz CT molecular complexity index is 568. The minimum Gasteiger partial charge on any atom is -0.504 e. The van der Waals surface area contributed by atoms with E-state index in [1.807, 2.05) is 24.3 Å². The molecular weight excluding hydrogens is 248 g/mol. The second-order valence-electron chi connectivity index (χ2n) is 5.71. The lowest BCUT2D eigenvalue weighted by Gasteiger charge is -2.12. The molecule has 0 saturated heterocycles. The van der Waals surface area contributed by atoms with Gasteiger partial charge in [-0.1, -0.05) is 45.9 Å². The van der Waals surface area contributed by atoms with Crippen molar-refractivity contribution in [3.63, 3.8) is 0 Å². The Balaban J connectivity index is 2.23. The van der Waals surface area contributed by atoms with Crippen LogP contribution in [0.15, 0.2) is 42.5 Å².